The fraction of sp³-hybridized carbons (Fsp3) is 0.833. The van der Waals surface area contributed by atoms with Gasteiger partial charge in [0.1, 0.15) is 0 Å². The molecule has 4 nitrogen and oxygen atoms in total. The van der Waals surface area contributed by atoms with E-state index in [1.807, 2.05) is 6.92 Å². The minimum absolute atomic E-state index is 0.284. The van der Waals surface area contributed by atoms with Crippen LogP contribution in [-0.2, 0) is 19.1 Å². The Morgan fingerprint density at radius 2 is 1.75 bits per heavy atom. The number of hydrogen-bond donors (Lipinski definition) is 0. The number of hydrogen-bond acceptors (Lipinski definition) is 4. The van der Waals surface area contributed by atoms with Gasteiger partial charge in [0.25, 0.3) is 0 Å². The maximum absolute atomic E-state index is 11.4. The zero-order valence-corrected chi connectivity index (χ0v) is 10.5. The van der Waals surface area contributed by atoms with Gasteiger partial charge in [0.2, 0.25) is 6.29 Å². The molecule has 0 aliphatic heterocycles. The van der Waals surface area contributed by atoms with Gasteiger partial charge >= 0.3 is 11.9 Å². The minimum Gasteiger partial charge on any atom is -0.425 e. The SMILES string of the molecule is CCCCCC(=O)OC(CCC)OC(C)=O. The van der Waals surface area contributed by atoms with Crippen molar-refractivity contribution in [2.75, 3.05) is 0 Å². The molecule has 0 aromatic carbocycles. The fourth-order valence-corrected chi connectivity index (χ4v) is 1.29. The Kier molecular flexibility index (Phi) is 8.58. The fourth-order valence-electron chi connectivity index (χ4n) is 1.29. The minimum atomic E-state index is -0.711. The van der Waals surface area contributed by atoms with Crippen molar-refractivity contribution >= 4 is 11.9 Å². The molecule has 94 valence electrons. The molecule has 0 aromatic heterocycles. The molecule has 1 atom stereocenters. The quantitative estimate of drug-likeness (QED) is 0.365. The monoisotopic (exact) mass is 230 g/mol. The van der Waals surface area contributed by atoms with Crippen LogP contribution in [0.25, 0.3) is 0 Å². The second-order valence-corrected chi connectivity index (χ2v) is 3.77. The predicted octanol–water partition coefficient (Wildman–Crippen LogP) is 2.80. The zero-order chi connectivity index (χ0) is 12.4. The number of unbranched alkanes of at least 4 members (excludes halogenated alkanes) is 2. The molecule has 0 saturated carbocycles. The second-order valence-electron chi connectivity index (χ2n) is 3.77. The summed E-state index contributed by atoms with van der Waals surface area (Å²) in [7, 11) is 0. The molecule has 0 amide bonds. The summed E-state index contributed by atoms with van der Waals surface area (Å²) in [5, 5.41) is 0. The van der Waals surface area contributed by atoms with Crippen LogP contribution < -0.4 is 0 Å². The Morgan fingerprint density at radius 1 is 1.06 bits per heavy atom. The summed E-state index contributed by atoms with van der Waals surface area (Å²) in [6.07, 6.45) is 3.95. The maximum Gasteiger partial charge on any atom is 0.308 e. The summed E-state index contributed by atoms with van der Waals surface area (Å²) in [6, 6.07) is 0. The molecule has 0 bridgehead atoms. The Balaban J connectivity index is 3.87. The Bertz CT molecular complexity index is 213. The van der Waals surface area contributed by atoms with E-state index in [2.05, 4.69) is 6.92 Å². The molecule has 16 heavy (non-hydrogen) atoms. The van der Waals surface area contributed by atoms with Crippen molar-refractivity contribution in [2.24, 2.45) is 0 Å². The molecule has 0 saturated heterocycles. The van der Waals surface area contributed by atoms with Gasteiger partial charge in [-0.2, -0.15) is 0 Å². The van der Waals surface area contributed by atoms with Crippen molar-refractivity contribution in [2.45, 2.75) is 65.6 Å². The van der Waals surface area contributed by atoms with Crippen molar-refractivity contribution in [3.05, 3.63) is 0 Å². The molecule has 0 aliphatic carbocycles. The van der Waals surface area contributed by atoms with E-state index in [0.717, 1.165) is 25.7 Å². The lowest BCUT2D eigenvalue weighted by atomic mass is 10.2. The Hall–Kier alpha value is -1.06. The van der Waals surface area contributed by atoms with Gasteiger partial charge in [-0.15, -0.1) is 0 Å². The summed E-state index contributed by atoms with van der Waals surface area (Å²) in [5.74, 6) is -0.701. The first-order valence-electron chi connectivity index (χ1n) is 5.96. The second kappa shape index (κ2) is 9.19. The third-order valence-electron chi connectivity index (χ3n) is 2.07. The van der Waals surface area contributed by atoms with Gasteiger partial charge in [0.05, 0.1) is 0 Å². The molecule has 4 heteroatoms. The van der Waals surface area contributed by atoms with Gasteiger partial charge in [0.15, 0.2) is 0 Å². The van der Waals surface area contributed by atoms with Crippen LogP contribution in [0.5, 0.6) is 0 Å². The first-order chi connectivity index (χ1) is 7.60. The van der Waals surface area contributed by atoms with Gasteiger partial charge in [-0.25, -0.2) is 0 Å². The molecule has 0 spiro atoms. The van der Waals surface area contributed by atoms with Gasteiger partial charge in [0, 0.05) is 19.8 Å². The highest BCUT2D eigenvalue weighted by atomic mass is 16.7. The highest BCUT2D eigenvalue weighted by molar-refractivity contribution is 5.70. The predicted molar refractivity (Wildman–Crippen MR) is 60.7 cm³/mol. The van der Waals surface area contributed by atoms with E-state index in [9.17, 15) is 9.59 Å². The van der Waals surface area contributed by atoms with Crippen molar-refractivity contribution in [3.63, 3.8) is 0 Å². The van der Waals surface area contributed by atoms with Crippen LogP contribution in [0.2, 0.25) is 0 Å². The van der Waals surface area contributed by atoms with Crippen LogP contribution in [-0.4, -0.2) is 18.2 Å². The standard InChI is InChI=1S/C12H22O4/c1-4-6-7-9-11(14)16-12(8-5-2)15-10(3)13/h12H,4-9H2,1-3H3. The first-order valence-corrected chi connectivity index (χ1v) is 5.96. The van der Waals surface area contributed by atoms with Gasteiger partial charge in [-0.05, 0) is 12.8 Å². The largest absolute Gasteiger partial charge is 0.425 e. The van der Waals surface area contributed by atoms with Crippen molar-refractivity contribution in [3.8, 4) is 0 Å². The lowest BCUT2D eigenvalue weighted by Gasteiger charge is -2.16. The van der Waals surface area contributed by atoms with E-state index in [4.69, 9.17) is 9.47 Å². The van der Waals surface area contributed by atoms with Gasteiger partial charge < -0.3 is 9.47 Å². The van der Waals surface area contributed by atoms with Gasteiger partial charge in [-0.3, -0.25) is 9.59 Å². The molecule has 1 unspecified atom stereocenters. The van der Waals surface area contributed by atoms with Gasteiger partial charge in [-0.1, -0.05) is 26.7 Å². The van der Waals surface area contributed by atoms with Crippen LogP contribution in [0.1, 0.15) is 59.3 Å². The molecule has 0 radical (unpaired) electrons. The first kappa shape index (κ1) is 14.9. The van der Waals surface area contributed by atoms with Crippen molar-refractivity contribution in [1.29, 1.82) is 0 Å². The third-order valence-corrected chi connectivity index (χ3v) is 2.07. The van der Waals surface area contributed by atoms with Crippen LogP contribution in [0, 0.1) is 0 Å². The van der Waals surface area contributed by atoms with Crippen LogP contribution in [0.3, 0.4) is 0 Å². The van der Waals surface area contributed by atoms with E-state index in [-0.39, 0.29) is 5.97 Å². The zero-order valence-electron chi connectivity index (χ0n) is 10.5. The molecule has 0 aromatic rings. The van der Waals surface area contributed by atoms with Crippen molar-refractivity contribution < 1.29 is 19.1 Å². The number of esters is 2. The lowest BCUT2D eigenvalue weighted by Crippen LogP contribution is -2.23. The number of carbonyl (C=O) groups excluding carboxylic acids is 2. The number of rotatable bonds is 8. The Morgan fingerprint density at radius 3 is 2.25 bits per heavy atom. The average Bonchev–Trinajstić information content (AvgIpc) is 2.17. The third kappa shape index (κ3) is 8.26. The molecule has 0 fully saturated rings. The van der Waals surface area contributed by atoms with E-state index < -0.39 is 12.3 Å². The van der Waals surface area contributed by atoms with E-state index >= 15 is 0 Å². The lowest BCUT2D eigenvalue weighted by molar-refractivity contribution is -0.187. The highest BCUT2D eigenvalue weighted by Gasteiger charge is 2.15. The van der Waals surface area contributed by atoms with Crippen LogP contribution >= 0.6 is 0 Å². The van der Waals surface area contributed by atoms with Crippen LogP contribution in [0.4, 0.5) is 0 Å². The molecule has 0 rings (SSSR count). The molecular formula is C12H22O4. The normalized spacial score (nSPS) is 11.9. The van der Waals surface area contributed by atoms with E-state index in [0.29, 0.717) is 12.8 Å². The van der Waals surface area contributed by atoms with E-state index in [1.54, 1.807) is 0 Å². The topological polar surface area (TPSA) is 52.6 Å². The highest BCUT2D eigenvalue weighted by Crippen LogP contribution is 2.08. The summed E-state index contributed by atoms with van der Waals surface area (Å²) in [6.45, 7) is 5.33. The Labute approximate surface area is 97.3 Å². The molecule has 0 aliphatic rings. The molecule has 0 N–H and O–H groups in total. The van der Waals surface area contributed by atoms with Crippen molar-refractivity contribution in [1.82, 2.24) is 0 Å². The molecular weight excluding hydrogens is 208 g/mol. The van der Waals surface area contributed by atoms with E-state index in [1.165, 1.54) is 6.92 Å². The summed E-state index contributed by atoms with van der Waals surface area (Å²) >= 11 is 0. The summed E-state index contributed by atoms with van der Waals surface area (Å²) in [5.41, 5.74) is 0. The smallest absolute Gasteiger partial charge is 0.308 e. The number of carbonyl (C=O) groups is 2. The maximum atomic E-state index is 11.4. The summed E-state index contributed by atoms with van der Waals surface area (Å²) < 4.78 is 9.95. The summed E-state index contributed by atoms with van der Waals surface area (Å²) in [4.78, 5) is 22.1. The average molecular weight is 230 g/mol. The molecule has 0 heterocycles. The van der Waals surface area contributed by atoms with Crippen LogP contribution in [0.15, 0.2) is 0 Å². The number of ether oxygens (including phenoxy) is 2.